The summed E-state index contributed by atoms with van der Waals surface area (Å²) in [7, 11) is 4.15. The minimum atomic E-state index is -0.636. The van der Waals surface area contributed by atoms with E-state index >= 15 is 0 Å². The second kappa shape index (κ2) is 13.1. The molecular formula is C33H40N6O3S. The van der Waals surface area contributed by atoms with Gasteiger partial charge in [0, 0.05) is 26.1 Å². The molecule has 4 aliphatic rings. The van der Waals surface area contributed by atoms with Gasteiger partial charge in [-0.1, -0.05) is 60.7 Å². The molecule has 43 heavy (non-hydrogen) atoms. The molecule has 0 spiro atoms. The number of carbonyl (C=O) groups excluding carboxylic acids is 2. The summed E-state index contributed by atoms with van der Waals surface area (Å²) in [5.74, 6) is 0.111. The van der Waals surface area contributed by atoms with E-state index in [1.807, 2.05) is 45.7 Å². The summed E-state index contributed by atoms with van der Waals surface area (Å²) in [5, 5.41) is 14.7. The van der Waals surface area contributed by atoms with Crippen LogP contribution in [0.25, 0.3) is 0 Å². The van der Waals surface area contributed by atoms with E-state index in [0.29, 0.717) is 26.1 Å². The first-order valence-electron chi connectivity index (χ1n) is 15.0. The highest BCUT2D eigenvalue weighted by atomic mass is 32.2. The van der Waals surface area contributed by atoms with E-state index in [-0.39, 0.29) is 41.6 Å². The van der Waals surface area contributed by atoms with Gasteiger partial charge in [-0.15, -0.1) is 11.8 Å². The predicted molar refractivity (Wildman–Crippen MR) is 170 cm³/mol. The van der Waals surface area contributed by atoms with E-state index in [2.05, 4.69) is 59.4 Å². The van der Waals surface area contributed by atoms with Crippen molar-refractivity contribution >= 4 is 29.1 Å². The highest BCUT2D eigenvalue weighted by Gasteiger charge is 2.50. The van der Waals surface area contributed by atoms with Gasteiger partial charge in [-0.05, 0) is 55.9 Å². The maximum absolute atomic E-state index is 14.3. The number of thioether (sulfide) groups is 1. The van der Waals surface area contributed by atoms with Crippen LogP contribution < -0.4 is 0 Å². The Morgan fingerprint density at radius 3 is 2.58 bits per heavy atom. The fraction of sp³-hybridized carbons (Fsp3) is 0.424. The lowest BCUT2D eigenvalue weighted by molar-refractivity contribution is -0.205. The zero-order valence-corrected chi connectivity index (χ0v) is 25.6. The van der Waals surface area contributed by atoms with Crippen molar-refractivity contribution in [2.24, 2.45) is 4.99 Å². The third-order valence-electron chi connectivity index (χ3n) is 8.63. The number of phenols is 1. The third kappa shape index (κ3) is 6.57. The molecule has 0 radical (unpaired) electrons. The van der Waals surface area contributed by atoms with Gasteiger partial charge in [0.25, 0.3) is 0 Å². The van der Waals surface area contributed by atoms with Crippen LogP contribution >= 0.6 is 11.8 Å². The number of fused-ring (bicyclic) bond motifs is 2. The molecule has 6 rings (SSSR count). The van der Waals surface area contributed by atoms with Crippen molar-refractivity contribution in [2.75, 3.05) is 46.8 Å². The number of phenolic OH excluding ortho intramolecular Hbond substituents is 1. The normalized spacial score (nSPS) is 25.8. The zero-order valence-electron chi connectivity index (χ0n) is 24.8. The number of aliphatic imine (C=N–C) groups is 1. The van der Waals surface area contributed by atoms with Crippen LogP contribution in [0.4, 0.5) is 0 Å². The number of hydrogen-bond donors (Lipinski definition) is 1. The largest absolute Gasteiger partial charge is 0.508 e. The highest BCUT2D eigenvalue weighted by molar-refractivity contribution is 8.13. The Morgan fingerprint density at radius 1 is 1.02 bits per heavy atom. The van der Waals surface area contributed by atoms with E-state index in [4.69, 9.17) is 4.99 Å². The summed E-state index contributed by atoms with van der Waals surface area (Å²) < 4.78 is 0. The quantitative estimate of drug-likeness (QED) is 0.449. The number of rotatable bonds is 10. The number of aromatic hydroxyl groups is 1. The molecule has 0 bridgehead atoms. The summed E-state index contributed by atoms with van der Waals surface area (Å²) in [6.07, 6.45) is 7.38. The number of allylic oxidation sites excluding steroid dienone is 2. The standard InChI is InChI=1S/C33H40N6O3S/c1-35(2)16-7-17-38-30-21-36(20-26-10-6-11-29-32(26)34-23-43-29)33(42)28(18-24-12-14-27(40)15-13-24)39(30)31(41)22-37(38)19-25-8-4-3-5-9-25/h3-6,8-15,23,28-30,32,40H,7,16-22H2,1-2H3. The Morgan fingerprint density at radius 2 is 1.81 bits per heavy atom. The summed E-state index contributed by atoms with van der Waals surface area (Å²) in [4.78, 5) is 39.0. The number of carbonyl (C=O) groups is 2. The molecule has 2 amide bonds. The average molecular weight is 601 g/mol. The van der Waals surface area contributed by atoms with E-state index in [1.165, 1.54) is 0 Å². The van der Waals surface area contributed by atoms with Crippen LogP contribution in [0.3, 0.4) is 0 Å². The number of piperazine rings is 1. The highest BCUT2D eigenvalue weighted by Crippen LogP contribution is 2.34. The van der Waals surface area contributed by atoms with Crippen molar-refractivity contribution < 1.29 is 14.7 Å². The second-order valence-corrected chi connectivity index (χ2v) is 13.0. The predicted octanol–water partition coefficient (Wildman–Crippen LogP) is 2.99. The molecule has 2 aromatic carbocycles. The molecule has 1 aliphatic carbocycles. The van der Waals surface area contributed by atoms with E-state index in [9.17, 15) is 14.7 Å². The van der Waals surface area contributed by atoms with Gasteiger partial charge >= 0.3 is 0 Å². The van der Waals surface area contributed by atoms with E-state index < -0.39 is 6.04 Å². The maximum Gasteiger partial charge on any atom is 0.246 e. The lowest BCUT2D eigenvalue weighted by Crippen LogP contribution is -2.75. The van der Waals surface area contributed by atoms with Crippen LogP contribution in [-0.2, 0) is 22.6 Å². The first-order valence-corrected chi connectivity index (χ1v) is 15.9. The van der Waals surface area contributed by atoms with Gasteiger partial charge < -0.3 is 19.8 Å². The van der Waals surface area contributed by atoms with Crippen molar-refractivity contribution in [3.8, 4) is 5.75 Å². The van der Waals surface area contributed by atoms with Gasteiger partial charge in [-0.2, -0.15) is 0 Å². The number of hydrogen-bond acceptors (Lipinski definition) is 8. The molecular weight excluding hydrogens is 560 g/mol. The third-order valence-corrected chi connectivity index (χ3v) is 9.60. The van der Waals surface area contributed by atoms with Crippen LogP contribution in [0.15, 0.2) is 83.4 Å². The Hall–Kier alpha value is -3.44. The topological polar surface area (TPSA) is 82.9 Å². The van der Waals surface area contributed by atoms with E-state index in [1.54, 1.807) is 23.9 Å². The van der Waals surface area contributed by atoms with Gasteiger partial charge in [0.2, 0.25) is 11.8 Å². The molecule has 10 heteroatoms. The van der Waals surface area contributed by atoms with Crippen molar-refractivity contribution in [3.63, 3.8) is 0 Å². The fourth-order valence-electron chi connectivity index (χ4n) is 6.51. The van der Waals surface area contributed by atoms with Crippen molar-refractivity contribution in [1.82, 2.24) is 24.7 Å². The Balaban J connectivity index is 1.33. The van der Waals surface area contributed by atoms with Gasteiger partial charge in [0.1, 0.15) is 18.0 Å². The smallest absolute Gasteiger partial charge is 0.246 e. The monoisotopic (exact) mass is 600 g/mol. The molecule has 0 saturated carbocycles. The molecule has 4 unspecified atom stereocenters. The molecule has 226 valence electrons. The molecule has 2 fully saturated rings. The summed E-state index contributed by atoms with van der Waals surface area (Å²) in [6, 6.07) is 16.6. The molecule has 3 heterocycles. The molecule has 3 aliphatic heterocycles. The number of benzene rings is 2. The number of amides is 2. The number of hydrazine groups is 1. The van der Waals surface area contributed by atoms with Crippen molar-refractivity contribution in [2.45, 2.75) is 42.9 Å². The van der Waals surface area contributed by atoms with E-state index in [0.717, 1.165) is 36.2 Å². The number of nitrogens with zero attached hydrogens (tertiary/aromatic N) is 6. The lowest BCUT2D eigenvalue weighted by atomic mass is 9.95. The maximum atomic E-state index is 14.3. The molecule has 0 aromatic heterocycles. The molecule has 2 saturated heterocycles. The SMILES string of the molecule is CN(C)CCCN1C2CN(CC3=CC=CC4SC=NC34)C(=O)C(Cc3ccc(O)cc3)N2C(=O)CN1Cc1ccccc1. The molecule has 4 atom stereocenters. The van der Waals surface area contributed by atoms with Crippen LogP contribution in [0.1, 0.15) is 17.5 Å². The van der Waals surface area contributed by atoms with Gasteiger partial charge in [0.15, 0.2) is 0 Å². The van der Waals surface area contributed by atoms with Crippen molar-refractivity contribution in [3.05, 3.63) is 89.5 Å². The minimum absolute atomic E-state index is 0.0294. The van der Waals surface area contributed by atoms with Crippen LogP contribution in [0.5, 0.6) is 5.75 Å². The first kappa shape index (κ1) is 29.6. The van der Waals surface area contributed by atoms with Gasteiger partial charge in [-0.25, -0.2) is 10.0 Å². The Kier molecular flexibility index (Phi) is 8.99. The minimum Gasteiger partial charge on any atom is -0.508 e. The van der Waals surface area contributed by atoms with Crippen LogP contribution in [0, 0.1) is 0 Å². The Labute approximate surface area is 258 Å². The zero-order chi connectivity index (χ0) is 29.9. The average Bonchev–Trinajstić information content (AvgIpc) is 3.48. The molecule has 1 N–H and O–H groups in total. The summed E-state index contributed by atoms with van der Waals surface area (Å²) >= 11 is 1.71. The molecule has 9 nitrogen and oxygen atoms in total. The van der Waals surface area contributed by atoms with Crippen LogP contribution in [-0.4, -0.2) is 118 Å². The van der Waals surface area contributed by atoms with Gasteiger partial charge in [0.05, 0.1) is 29.9 Å². The second-order valence-electron chi connectivity index (χ2n) is 11.9. The molecule has 2 aromatic rings. The lowest BCUT2D eigenvalue weighted by Gasteiger charge is -2.56. The van der Waals surface area contributed by atoms with Crippen LogP contribution in [0.2, 0.25) is 0 Å². The van der Waals surface area contributed by atoms with Crippen molar-refractivity contribution in [1.29, 1.82) is 0 Å². The first-order chi connectivity index (χ1) is 20.9. The Bertz CT molecular complexity index is 1400. The summed E-state index contributed by atoms with van der Waals surface area (Å²) in [6.45, 7) is 3.45. The summed E-state index contributed by atoms with van der Waals surface area (Å²) in [5.41, 5.74) is 5.10. The van der Waals surface area contributed by atoms with Gasteiger partial charge in [-0.3, -0.25) is 14.6 Å². The fourth-order valence-corrected chi connectivity index (χ4v) is 7.43.